The third-order valence-electron chi connectivity index (χ3n) is 2.65. The van der Waals surface area contributed by atoms with E-state index in [0.29, 0.717) is 12.0 Å². The van der Waals surface area contributed by atoms with Crippen molar-refractivity contribution in [3.8, 4) is 0 Å². The lowest BCUT2D eigenvalue weighted by atomic mass is 10.1. The first kappa shape index (κ1) is 14.6. The standard InChI is InChI=1S/C14H23NOS/c1-3-15-14(11-17-10-12(2)9-16)13-7-5-4-6-8-13/h4-8,12,14-16H,3,9-11H2,1-2H3. The van der Waals surface area contributed by atoms with Crippen molar-refractivity contribution in [3.63, 3.8) is 0 Å². The van der Waals surface area contributed by atoms with Crippen LogP contribution < -0.4 is 5.32 Å². The molecule has 17 heavy (non-hydrogen) atoms. The lowest BCUT2D eigenvalue weighted by molar-refractivity contribution is 0.250. The first-order valence-electron chi connectivity index (χ1n) is 6.24. The van der Waals surface area contributed by atoms with Gasteiger partial charge in [-0.25, -0.2) is 0 Å². The molecule has 1 aromatic carbocycles. The number of aliphatic hydroxyl groups is 1. The van der Waals surface area contributed by atoms with Crippen LogP contribution in [0.15, 0.2) is 30.3 Å². The van der Waals surface area contributed by atoms with E-state index in [1.165, 1.54) is 5.56 Å². The van der Waals surface area contributed by atoms with Crippen molar-refractivity contribution in [2.24, 2.45) is 5.92 Å². The van der Waals surface area contributed by atoms with E-state index < -0.39 is 0 Å². The van der Waals surface area contributed by atoms with Gasteiger partial charge in [0.2, 0.25) is 0 Å². The molecule has 0 bridgehead atoms. The van der Waals surface area contributed by atoms with Gasteiger partial charge in [0, 0.05) is 18.4 Å². The van der Waals surface area contributed by atoms with Crippen molar-refractivity contribution in [1.82, 2.24) is 5.32 Å². The van der Waals surface area contributed by atoms with Gasteiger partial charge in [-0.05, 0) is 23.8 Å². The molecule has 2 unspecified atom stereocenters. The molecule has 1 rings (SSSR count). The normalized spacial score (nSPS) is 14.5. The number of hydrogen-bond donors (Lipinski definition) is 2. The number of thioether (sulfide) groups is 1. The smallest absolute Gasteiger partial charge is 0.0464 e. The number of nitrogens with one attached hydrogen (secondary N) is 1. The molecule has 0 fully saturated rings. The first-order valence-corrected chi connectivity index (χ1v) is 7.40. The van der Waals surface area contributed by atoms with Crippen LogP contribution in [0.2, 0.25) is 0 Å². The molecule has 2 nitrogen and oxygen atoms in total. The fourth-order valence-corrected chi connectivity index (χ4v) is 2.83. The second kappa shape index (κ2) is 8.56. The quantitative estimate of drug-likeness (QED) is 0.747. The minimum absolute atomic E-state index is 0.282. The molecule has 0 heterocycles. The summed E-state index contributed by atoms with van der Waals surface area (Å²) in [6, 6.07) is 11.0. The molecule has 0 amide bonds. The molecule has 0 radical (unpaired) electrons. The van der Waals surface area contributed by atoms with Crippen LogP contribution in [-0.2, 0) is 0 Å². The van der Waals surface area contributed by atoms with Gasteiger partial charge in [0.1, 0.15) is 0 Å². The number of hydrogen-bond acceptors (Lipinski definition) is 3. The lowest BCUT2D eigenvalue weighted by Gasteiger charge is -2.18. The lowest BCUT2D eigenvalue weighted by Crippen LogP contribution is -2.23. The third kappa shape index (κ3) is 5.57. The number of aliphatic hydroxyl groups excluding tert-OH is 1. The molecular formula is C14H23NOS. The Morgan fingerprint density at radius 2 is 1.94 bits per heavy atom. The van der Waals surface area contributed by atoms with Crippen molar-refractivity contribution < 1.29 is 5.11 Å². The fraction of sp³-hybridized carbons (Fsp3) is 0.571. The molecule has 1 aromatic rings. The summed E-state index contributed by atoms with van der Waals surface area (Å²) in [6.07, 6.45) is 0. The average molecular weight is 253 g/mol. The summed E-state index contributed by atoms with van der Waals surface area (Å²) in [6.45, 7) is 5.48. The Bertz CT molecular complexity index is 292. The predicted octanol–water partition coefficient (Wildman–Crippen LogP) is 2.70. The Labute approximate surface area is 109 Å². The van der Waals surface area contributed by atoms with E-state index in [2.05, 4.69) is 43.4 Å². The Balaban J connectivity index is 2.44. The Morgan fingerprint density at radius 3 is 2.53 bits per heavy atom. The predicted molar refractivity (Wildman–Crippen MR) is 76.4 cm³/mol. The summed E-state index contributed by atoms with van der Waals surface area (Å²) >= 11 is 1.91. The zero-order valence-electron chi connectivity index (χ0n) is 10.7. The van der Waals surface area contributed by atoms with Crippen LogP contribution in [0.4, 0.5) is 0 Å². The van der Waals surface area contributed by atoms with Crippen LogP contribution >= 0.6 is 11.8 Å². The van der Waals surface area contributed by atoms with Gasteiger partial charge in [0.25, 0.3) is 0 Å². The summed E-state index contributed by atoms with van der Waals surface area (Å²) < 4.78 is 0. The van der Waals surface area contributed by atoms with Crippen molar-refractivity contribution in [2.45, 2.75) is 19.9 Å². The second-order valence-corrected chi connectivity index (χ2v) is 5.42. The van der Waals surface area contributed by atoms with E-state index in [1.807, 2.05) is 17.8 Å². The van der Waals surface area contributed by atoms with E-state index >= 15 is 0 Å². The van der Waals surface area contributed by atoms with Crippen LogP contribution in [0, 0.1) is 5.92 Å². The highest BCUT2D eigenvalue weighted by molar-refractivity contribution is 7.99. The minimum atomic E-state index is 0.282. The van der Waals surface area contributed by atoms with Crippen LogP contribution in [0.5, 0.6) is 0 Å². The van der Waals surface area contributed by atoms with Crippen LogP contribution in [0.1, 0.15) is 25.5 Å². The Kier molecular flexibility index (Phi) is 7.33. The molecular weight excluding hydrogens is 230 g/mol. The minimum Gasteiger partial charge on any atom is -0.396 e. The van der Waals surface area contributed by atoms with E-state index in [0.717, 1.165) is 18.1 Å². The van der Waals surface area contributed by atoms with E-state index in [4.69, 9.17) is 5.11 Å². The third-order valence-corrected chi connectivity index (χ3v) is 4.02. The molecule has 0 spiro atoms. The summed E-state index contributed by atoms with van der Waals surface area (Å²) in [7, 11) is 0. The molecule has 0 aromatic heterocycles. The summed E-state index contributed by atoms with van der Waals surface area (Å²) in [5.41, 5.74) is 1.35. The van der Waals surface area contributed by atoms with Gasteiger partial charge in [-0.15, -0.1) is 0 Å². The highest BCUT2D eigenvalue weighted by Crippen LogP contribution is 2.19. The van der Waals surface area contributed by atoms with Gasteiger partial charge in [-0.1, -0.05) is 44.2 Å². The SMILES string of the molecule is CCNC(CSCC(C)CO)c1ccccc1. The van der Waals surface area contributed by atoms with Crippen LogP contribution in [0.25, 0.3) is 0 Å². The Morgan fingerprint density at radius 1 is 1.24 bits per heavy atom. The van der Waals surface area contributed by atoms with Crippen LogP contribution in [-0.4, -0.2) is 29.8 Å². The molecule has 2 atom stereocenters. The van der Waals surface area contributed by atoms with Crippen molar-refractivity contribution in [2.75, 3.05) is 24.7 Å². The maximum atomic E-state index is 8.99. The van der Waals surface area contributed by atoms with Crippen molar-refractivity contribution in [3.05, 3.63) is 35.9 Å². The molecule has 0 aliphatic carbocycles. The zero-order chi connectivity index (χ0) is 12.5. The molecule has 96 valence electrons. The summed E-state index contributed by atoms with van der Waals surface area (Å²) in [5, 5.41) is 12.5. The van der Waals surface area contributed by atoms with Gasteiger partial charge in [0.05, 0.1) is 0 Å². The highest BCUT2D eigenvalue weighted by atomic mass is 32.2. The van der Waals surface area contributed by atoms with Gasteiger partial charge in [0.15, 0.2) is 0 Å². The van der Waals surface area contributed by atoms with E-state index in [9.17, 15) is 0 Å². The zero-order valence-corrected chi connectivity index (χ0v) is 11.5. The van der Waals surface area contributed by atoms with Gasteiger partial charge in [-0.2, -0.15) is 11.8 Å². The molecule has 2 N–H and O–H groups in total. The van der Waals surface area contributed by atoms with Crippen LogP contribution in [0.3, 0.4) is 0 Å². The fourth-order valence-electron chi connectivity index (χ4n) is 1.64. The number of benzene rings is 1. The molecule has 0 saturated carbocycles. The maximum Gasteiger partial charge on any atom is 0.0464 e. The molecule has 0 saturated heterocycles. The highest BCUT2D eigenvalue weighted by Gasteiger charge is 2.10. The summed E-state index contributed by atoms with van der Waals surface area (Å²) in [5.74, 6) is 2.46. The maximum absolute atomic E-state index is 8.99. The van der Waals surface area contributed by atoms with E-state index in [-0.39, 0.29) is 6.61 Å². The number of rotatable bonds is 8. The largest absolute Gasteiger partial charge is 0.396 e. The van der Waals surface area contributed by atoms with Gasteiger partial charge < -0.3 is 10.4 Å². The monoisotopic (exact) mass is 253 g/mol. The topological polar surface area (TPSA) is 32.3 Å². The Hall–Kier alpha value is -0.510. The van der Waals surface area contributed by atoms with Gasteiger partial charge >= 0.3 is 0 Å². The second-order valence-electron chi connectivity index (χ2n) is 4.35. The average Bonchev–Trinajstić information content (AvgIpc) is 2.38. The molecule has 3 heteroatoms. The van der Waals surface area contributed by atoms with Crippen molar-refractivity contribution in [1.29, 1.82) is 0 Å². The first-order chi connectivity index (χ1) is 8.27. The molecule has 0 aliphatic rings. The van der Waals surface area contributed by atoms with Crippen molar-refractivity contribution >= 4 is 11.8 Å². The molecule has 0 aliphatic heterocycles. The van der Waals surface area contributed by atoms with Gasteiger partial charge in [-0.3, -0.25) is 0 Å². The summed E-state index contributed by atoms with van der Waals surface area (Å²) in [4.78, 5) is 0. The van der Waals surface area contributed by atoms with E-state index in [1.54, 1.807) is 0 Å².